The maximum atomic E-state index is 12.2. The van der Waals surface area contributed by atoms with E-state index in [2.05, 4.69) is 17.2 Å². The number of carbonyl (C=O) groups is 1. The lowest BCUT2D eigenvalue weighted by Gasteiger charge is -2.30. The summed E-state index contributed by atoms with van der Waals surface area (Å²) >= 11 is 0. The molecular formula is C16H25N3O2. The molecule has 1 saturated heterocycles. The van der Waals surface area contributed by atoms with E-state index in [1.807, 2.05) is 30.9 Å². The first-order chi connectivity index (χ1) is 10.1. The van der Waals surface area contributed by atoms with Crippen LogP contribution in [0.2, 0.25) is 0 Å². The molecule has 2 amide bonds. The highest BCUT2D eigenvalue weighted by atomic mass is 16.5. The van der Waals surface area contributed by atoms with Crippen molar-refractivity contribution in [2.24, 2.45) is 5.92 Å². The first-order valence-electron chi connectivity index (χ1n) is 7.69. The lowest BCUT2D eigenvalue weighted by Crippen LogP contribution is -2.43. The lowest BCUT2D eigenvalue weighted by atomic mass is 10.00. The summed E-state index contributed by atoms with van der Waals surface area (Å²) in [6, 6.07) is 3.79. The minimum atomic E-state index is 0.00116. The van der Waals surface area contributed by atoms with Crippen molar-refractivity contribution in [3.63, 3.8) is 0 Å². The molecule has 21 heavy (non-hydrogen) atoms. The van der Waals surface area contributed by atoms with E-state index < -0.39 is 0 Å². The molecule has 5 nitrogen and oxygen atoms in total. The number of urea groups is 1. The van der Waals surface area contributed by atoms with Gasteiger partial charge in [0.15, 0.2) is 0 Å². The number of pyridine rings is 1. The van der Waals surface area contributed by atoms with Crippen molar-refractivity contribution in [2.45, 2.75) is 46.3 Å². The second-order valence-electron chi connectivity index (χ2n) is 5.96. The third-order valence-electron chi connectivity index (χ3n) is 3.70. The molecule has 116 valence electrons. The molecule has 0 radical (unpaired) electrons. The molecule has 0 bridgehead atoms. The van der Waals surface area contributed by atoms with Crippen molar-refractivity contribution in [3.05, 3.63) is 23.9 Å². The molecule has 0 saturated carbocycles. The van der Waals surface area contributed by atoms with Crippen LogP contribution >= 0.6 is 0 Å². The zero-order valence-corrected chi connectivity index (χ0v) is 13.1. The van der Waals surface area contributed by atoms with Crippen molar-refractivity contribution < 1.29 is 9.53 Å². The number of nitrogens with zero attached hydrogens (tertiary/aromatic N) is 2. The average molecular weight is 291 g/mol. The number of amides is 2. The van der Waals surface area contributed by atoms with Gasteiger partial charge >= 0.3 is 6.03 Å². The quantitative estimate of drug-likeness (QED) is 0.928. The Bertz CT molecular complexity index is 468. The molecule has 2 rings (SSSR count). The van der Waals surface area contributed by atoms with Gasteiger partial charge in [-0.2, -0.15) is 0 Å². The molecule has 1 aromatic heterocycles. The highest BCUT2D eigenvalue weighted by molar-refractivity contribution is 5.74. The first kappa shape index (κ1) is 15.6. The third-order valence-corrected chi connectivity index (χ3v) is 3.70. The summed E-state index contributed by atoms with van der Waals surface area (Å²) in [6.07, 6.45) is 3.94. The van der Waals surface area contributed by atoms with Crippen LogP contribution in [-0.2, 0) is 6.54 Å². The highest BCUT2D eigenvalue weighted by Crippen LogP contribution is 2.17. The summed E-state index contributed by atoms with van der Waals surface area (Å²) in [5.74, 6) is 1.32. The monoisotopic (exact) mass is 291 g/mol. The summed E-state index contributed by atoms with van der Waals surface area (Å²) in [7, 11) is 0. The molecule has 1 aliphatic heterocycles. The summed E-state index contributed by atoms with van der Waals surface area (Å²) < 4.78 is 5.66. The predicted molar refractivity (Wildman–Crippen MR) is 82.2 cm³/mol. The van der Waals surface area contributed by atoms with Crippen LogP contribution < -0.4 is 10.1 Å². The SMILES string of the molecule is CC1CCN(C(=O)NCc2cccnc2OC(C)C)CC1. The van der Waals surface area contributed by atoms with E-state index >= 15 is 0 Å². The summed E-state index contributed by atoms with van der Waals surface area (Å²) in [5.41, 5.74) is 0.907. The highest BCUT2D eigenvalue weighted by Gasteiger charge is 2.20. The standard InChI is InChI=1S/C16H25N3O2/c1-12(2)21-15-14(5-4-8-17-15)11-18-16(20)19-9-6-13(3)7-10-19/h4-5,8,12-13H,6-7,9-11H2,1-3H3,(H,18,20). The van der Waals surface area contributed by atoms with E-state index in [1.165, 1.54) is 0 Å². The predicted octanol–water partition coefficient (Wildman–Crippen LogP) is 2.81. The molecule has 5 heteroatoms. The number of piperidine rings is 1. The minimum absolute atomic E-state index is 0.00116. The fourth-order valence-corrected chi connectivity index (χ4v) is 2.38. The number of aromatic nitrogens is 1. The fraction of sp³-hybridized carbons (Fsp3) is 0.625. The lowest BCUT2D eigenvalue weighted by molar-refractivity contribution is 0.173. The summed E-state index contributed by atoms with van der Waals surface area (Å²) in [6.45, 7) is 8.30. The first-order valence-corrected chi connectivity index (χ1v) is 7.69. The second-order valence-corrected chi connectivity index (χ2v) is 5.96. The molecule has 1 N–H and O–H groups in total. The Morgan fingerprint density at radius 3 is 2.86 bits per heavy atom. The largest absolute Gasteiger partial charge is 0.475 e. The van der Waals surface area contributed by atoms with Gasteiger partial charge in [-0.05, 0) is 38.7 Å². The molecule has 0 spiro atoms. The Morgan fingerprint density at radius 2 is 2.19 bits per heavy atom. The van der Waals surface area contributed by atoms with Crippen LogP contribution in [0.25, 0.3) is 0 Å². The van der Waals surface area contributed by atoms with Gasteiger partial charge in [0.2, 0.25) is 5.88 Å². The van der Waals surface area contributed by atoms with Crippen molar-refractivity contribution in [3.8, 4) is 5.88 Å². The smallest absolute Gasteiger partial charge is 0.317 e. The van der Waals surface area contributed by atoms with Gasteiger partial charge in [0.1, 0.15) is 0 Å². The maximum absolute atomic E-state index is 12.2. The Labute approximate surface area is 126 Å². The van der Waals surface area contributed by atoms with Crippen LogP contribution in [0.4, 0.5) is 4.79 Å². The van der Waals surface area contributed by atoms with Gasteiger partial charge in [-0.15, -0.1) is 0 Å². The Balaban J connectivity index is 1.89. The summed E-state index contributed by atoms with van der Waals surface area (Å²) in [5, 5.41) is 2.96. The van der Waals surface area contributed by atoms with Gasteiger partial charge < -0.3 is 15.0 Å². The van der Waals surface area contributed by atoms with E-state index in [4.69, 9.17) is 4.74 Å². The van der Waals surface area contributed by atoms with Crippen molar-refractivity contribution >= 4 is 6.03 Å². The Hall–Kier alpha value is -1.78. The molecule has 0 aliphatic carbocycles. The number of hydrogen-bond acceptors (Lipinski definition) is 3. The molecule has 0 aromatic carbocycles. The van der Waals surface area contributed by atoms with E-state index in [0.29, 0.717) is 12.4 Å². The molecule has 1 aromatic rings. The van der Waals surface area contributed by atoms with E-state index in [-0.39, 0.29) is 12.1 Å². The molecule has 0 atom stereocenters. The Kier molecular flexibility index (Phi) is 5.42. The van der Waals surface area contributed by atoms with Crippen molar-refractivity contribution in [1.29, 1.82) is 0 Å². The normalized spacial score (nSPS) is 16.1. The van der Waals surface area contributed by atoms with Crippen molar-refractivity contribution in [2.75, 3.05) is 13.1 Å². The van der Waals surface area contributed by atoms with Crippen LogP contribution in [0.3, 0.4) is 0 Å². The second kappa shape index (κ2) is 7.29. The number of carbonyl (C=O) groups excluding carboxylic acids is 1. The van der Waals surface area contributed by atoms with Crippen LogP contribution in [0.5, 0.6) is 5.88 Å². The van der Waals surface area contributed by atoms with Gasteiger partial charge in [0.05, 0.1) is 6.10 Å². The molecule has 2 heterocycles. The topological polar surface area (TPSA) is 54.5 Å². The Morgan fingerprint density at radius 1 is 1.48 bits per heavy atom. The van der Waals surface area contributed by atoms with E-state index in [1.54, 1.807) is 6.20 Å². The van der Waals surface area contributed by atoms with E-state index in [0.717, 1.165) is 37.4 Å². The van der Waals surface area contributed by atoms with E-state index in [9.17, 15) is 4.79 Å². The van der Waals surface area contributed by atoms with Gasteiger partial charge in [-0.3, -0.25) is 0 Å². The molecule has 1 aliphatic rings. The van der Waals surface area contributed by atoms with Gasteiger partial charge in [-0.25, -0.2) is 9.78 Å². The summed E-state index contributed by atoms with van der Waals surface area (Å²) in [4.78, 5) is 18.3. The maximum Gasteiger partial charge on any atom is 0.317 e. The molecular weight excluding hydrogens is 266 g/mol. The van der Waals surface area contributed by atoms with Crippen LogP contribution in [0, 0.1) is 5.92 Å². The average Bonchev–Trinajstić information content (AvgIpc) is 2.46. The fourth-order valence-electron chi connectivity index (χ4n) is 2.38. The van der Waals surface area contributed by atoms with Crippen molar-refractivity contribution in [1.82, 2.24) is 15.2 Å². The van der Waals surface area contributed by atoms with Crippen LogP contribution in [0.15, 0.2) is 18.3 Å². The van der Waals surface area contributed by atoms with Gasteiger partial charge in [-0.1, -0.05) is 13.0 Å². The van der Waals surface area contributed by atoms with Crippen LogP contribution in [0.1, 0.15) is 39.2 Å². The third kappa shape index (κ3) is 4.62. The van der Waals surface area contributed by atoms with Crippen LogP contribution in [-0.4, -0.2) is 35.1 Å². The zero-order chi connectivity index (χ0) is 15.2. The molecule has 1 fully saturated rings. The minimum Gasteiger partial charge on any atom is -0.475 e. The zero-order valence-electron chi connectivity index (χ0n) is 13.1. The van der Waals surface area contributed by atoms with Gasteiger partial charge in [0.25, 0.3) is 0 Å². The number of ether oxygens (including phenoxy) is 1. The number of likely N-dealkylation sites (tertiary alicyclic amines) is 1. The number of nitrogens with one attached hydrogen (secondary N) is 1. The van der Waals surface area contributed by atoms with Gasteiger partial charge in [0, 0.05) is 31.4 Å². The molecule has 0 unspecified atom stereocenters. The number of rotatable bonds is 4. The number of hydrogen-bond donors (Lipinski definition) is 1.